The van der Waals surface area contributed by atoms with Crippen LogP contribution in [-0.2, 0) is 28.5 Å². The molecule has 0 amide bonds. The minimum Gasteiger partial charge on any atom is -0.497 e. The van der Waals surface area contributed by atoms with Gasteiger partial charge in [0.05, 0.1) is 48.6 Å². The molecule has 47 heavy (non-hydrogen) atoms. The SMILES string of the molecule is COc1ccc(C2O[C@H]3C[C@H]4OCC4[C@H]4[C@H](OC(=O)c5ccccc5)[C@]5(C(C)(C)O)C[C@H](O)C(C)=C5[C@@H](OC(C)=O)[C@H](O2)[C@]34C)cc1. The van der Waals surface area contributed by atoms with Crippen LogP contribution in [0.15, 0.2) is 65.7 Å². The van der Waals surface area contributed by atoms with Crippen LogP contribution in [0, 0.1) is 22.7 Å². The third-order valence-electron chi connectivity index (χ3n) is 11.8. The first kappa shape index (κ1) is 32.3. The molecule has 10 nitrogen and oxygen atoms in total. The van der Waals surface area contributed by atoms with E-state index in [-0.39, 0.29) is 18.4 Å². The molecule has 2 heterocycles. The molecule has 0 aromatic heterocycles. The standard InChI is InChI=1S/C37H44O10/c1-19-25(39)17-37(35(3,4)41)28(19)30(44-20(2)38)32-36(5)27(45-34(47-32)22-12-14-23(42-6)15-13-22)16-26-24(18-43-26)29(36)31(37)46-33(40)21-10-8-7-9-11-21/h7-15,24-27,29-32,34,39,41H,16-18H2,1-6H3/t24?,25-,26+,27-,29-,30+,31-,32-,34?,36+,37-/m0/s1. The molecule has 2 aromatic rings. The van der Waals surface area contributed by atoms with E-state index in [4.69, 9.17) is 28.4 Å². The topological polar surface area (TPSA) is 130 Å². The van der Waals surface area contributed by atoms with E-state index in [9.17, 15) is 19.8 Å². The minimum atomic E-state index is -1.55. The predicted octanol–water partition coefficient (Wildman–Crippen LogP) is 4.53. The normalized spacial score (nSPS) is 39.0. The molecule has 0 spiro atoms. The van der Waals surface area contributed by atoms with Crippen LogP contribution in [0.4, 0.5) is 0 Å². The molecule has 2 saturated carbocycles. The monoisotopic (exact) mass is 648 g/mol. The number of carbonyl (C=O) groups is 2. The van der Waals surface area contributed by atoms with E-state index < -0.39 is 71.1 Å². The molecule has 3 aliphatic carbocycles. The van der Waals surface area contributed by atoms with Gasteiger partial charge in [-0.1, -0.05) is 37.3 Å². The van der Waals surface area contributed by atoms with Crippen molar-refractivity contribution in [2.75, 3.05) is 13.7 Å². The Bertz CT molecular complexity index is 1560. The second-order valence-corrected chi connectivity index (χ2v) is 14.5. The van der Waals surface area contributed by atoms with E-state index in [0.717, 1.165) is 5.56 Å². The van der Waals surface area contributed by atoms with Crippen LogP contribution in [0.5, 0.6) is 5.75 Å². The van der Waals surface area contributed by atoms with Gasteiger partial charge in [0.15, 0.2) is 12.4 Å². The Labute approximate surface area is 274 Å². The van der Waals surface area contributed by atoms with Gasteiger partial charge in [-0.05, 0) is 62.6 Å². The van der Waals surface area contributed by atoms with E-state index in [1.54, 1.807) is 52.1 Å². The average molecular weight is 649 g/mol. The smallest absolute Gasteiger partial charge is 0.338 e. The highest BCUT2D eigenvalue weighted by molar-refractivity contribution is 5.89. The van der Waals surface area contributed by atoms with E-state index >= 15 is 0 Å². The summed E-state index contributed by atoms with van der Waals surface area (Å²) in [6, 6.07) is 16.2. The Morgan fingerprint density at radius 3 is 2.32 bits per heavy atom. The van der Waals surface area contributed by atoms with Crippen molar-refractivity contribution in [1.82, 2.24) is 0 Å². The maximum absolute atomic E-state index is 14.1. The highest BCUT2D eigenvalue weighted by Gasteiger charge is 2.76. The molecular weight excluding hydrogens is 604 g/mol. The number of hydrogen-bond acceptors (Lipinski definition) is 10. The fourth-order valence-corrected chi connectivity index (χ4v) is 9.43. The molecule has 4 fully saturated rings. The zero-order valence-corrected chi connectivity index (χ0v) is 27.7. The maximum atomic E-state index is 14.1. The lowest BCUT2D eigenvalue weighted by Crippen LogP contribution is -2.70. The molecule has 252 valence electrons. The van der Waals surface area contributed by atoms with Crippen LogP contribution in [0.2, 0.25) is 0 Å². The number of fused-ring (bicyclic) bond motifs is 3. The molecule has 2 N–H and O–H groups in total. The number of rotatable bonds is 6. The van der Waals surface area contributed by atoms with Crippen LogP contribution >= 0.6 is 0 Å². The lowest BCUT2D eigenvalue weighted by atomic mass is 9.51. The number of benzene rings is 2. The van der Waals surface area contributed by atoms with Gasteiger partial charge in [-0.2, -0.15) is 0 Å². The lowest BCUT2D eigenvalue weighted by Gasteiger charge is -2.63. The van der Waals surface area contributed by atoms with Crippen molar-refractivity contribution in [3.8, 4) is 5.75 Å². The van der Waals surface area contributed by atoms with Crippen molar-refractivity contribution in [3.05, 3.63) is 76.9 Å². The third kappa shape index (κ3) is 4.78. The quantitative estimate of drug-likeness (QED) is 0.341. The Hall–Kier alpha value is -3.28. The Morgan fingerprint density at radius 2 is 1.72 bits per heavy atom. The van der Waals surface area contributed by atoms with Crippen LogP contribution in [0.1, 0.15) is 69.7 Å². The largest absolute Gasteiger partial charge is 0.497 e. The Balaban J connectivity index is 1.47. The zero-order valence-electron chi connectivity index (χ0n) is 27.7. The van der Waals surface area contributed by atoms with Crippen molar-refractivity contribution in [3.63, 3.8) is 0 Å². The summed E-state index contributed by atoms with van der Waals surface area (Å²) in [6.07, 6.45) is -4.60. The van der Waals surface area contributed by atoms with Crippen LogP contribution in [-0.4, -0.2) is 78.1 Å². The summed E-state index contributed by atoms with van der Waals surface area (Å²) >= 11 is 0. The van der Waals surface area contributed by atoms with Crippen molar-refractivity contribution in [1.29, 1.82) is 0 Å². The lowest BCUT2D eigenvalue weighted by molar-refractivity contribution is -0.368. The summed E-state index contributed by atoms with van der Waals surface area (Å²) in [5.41, 5.74) is -1.56. The molecule has 0 radical (unpaired) electrons. The van der Waals surface area contributed by atoms with Gasteiger partial charge in [0.2, 0.25) is 0 Å². The van der Waals surface area contributed by atoms with Gasteiger partial charge in [-0.15, -0.1) is 0 Å². The van der Waals surface area contributed by atoms with Crippen LogP contribution < -0.4 is 4.74 Å². The molecule has 2 aliphatic heterocycles. The van der Waals surface area contributed by atoms with E-state index in [2.05, 4.69) is 6.92 Å². The van der Waals surface area contributed by atoms with E-state index in [1.807, 2.05) is 30.3 Å². The first-order valence-electron chi connectivity index (χ1n) is 16.4. The predicted molar refractivity (Wildman–Crippen MR) is 168 cm³/mol. The van der Waals surface area contributed by atoms with E-state index in [0.29, 0.717) is 35.5 Å². The summed E-state index contributed by atoms with van der Waals surface area (Å²) in [5, 5.41) is 24.0. The summed E-state index contributed by atoms with van der Waals surface area (Å²) in [5.74, 6) is -0.934. The number of aliphatic hydroxyl groups is 2. The second kappa shape index (κ2) is 11.4. The number of aliphatic hydroxyl groups excluding tert-OH is 1. The number of esters is 2. The van der Waals surface area contributed by atoms with Gasteiger partial charge in [0.1, 0.15) is 18.0 Å². The number of methoxy groups -OCH3 is 1. The molecule has 0 bridgehead atoms. The first-order chi connectivity index (χ1) is 22.3. The molecule has 2 saturated heterocycles. The van der Waals surface area contributed by atoms with Crippen molar-refractivity contribution < 1.29 is 48.2 Å². The highest BCUT2D eigenvalue weighted by Crippen LogP contribution is 2.68. The third-order valence-corrected chi connectivity index (χ3v) is 11.8. The molecule has 7 rings (SSSR count). The molecule has 5 aliphatic rings. The average Bonchev–Trinajstić information content (AvgIpc) is 3.27. The minimum absolute atomic E-state index is 0.0626. The fourth-order valence-electron chi connectivity index (χ4n) is 9.43. The molecule has 11 atom stereocenters. The van der Waals surface area contributed by atoms with Crippen molar-refractivity contribution >= 4 is 11.9 Å². The molecule has 2 unspecified atom stereocenters. The highest BCUT2D eigenvalue weighted by atomic mass is 16.7. The first-order valence-corrected chi connectivity index (χ1v) is 16.4. The van der Waals surface area contributed by atoms with Gasteiger partial charge in [0.25, 0.3) is 0 Å². The fraction of sp³-hybridized carbons (Fsp3) is 0.568. The van der Waals surface area contributed by atoms with Gasteiger partial charge in [-0.25, -0.2) is 4.79 Å². The van der Waals surface area contributed by atoms with Crippen molar-refractivity contribution in [2.24, 2.45) is 22.7 Å². The van der Waals surface area contributed by atoms with Gasteiger partial charge < -0.3 is 38.6 Å². The van der Waals surface area contributed by atoms with Gasteiger partial charge in [0, 0.05) is 36.2 Å². The molecule has 10 heteroatoms. The molecular formula is C37H44O10. The Morgan fingerprint density at radius 1 is 1.02 bits per heavy atom. The Kier molecular flexibility index (Phi) is 7.84. The molecule has 2 aromatic carbocycles. The summed E-state index contributed by atoms with van der Waals surface area (Å²) in [6.45, 7) is 8.99. The zero-order chi connectivity index (χ0) is 33.5. The summed E-state index contributed by atoms with van der Waals surface area (Å²) in [7, 11) is 1.60. The second-order valence-electron chi connectivity index (χ2n) is 14.5. The summed E-state index contributed by atoms with van der Waals surface area (Å²) < 4.78 is 38.2. The van der Waals surface area contributed by atoms with Crippen LogP contribution in [0.3, 0.4) is 0 Å². The van der Waals surface area contributed by atoms with Gasteiger partial charge in [-0.3, -0.25) is 4.79 Å². The number of carbonyl (C=O) groups excluding carboxylic acids is 2. The maximum Gasteiger partial charge on any atom is 0.338 e. The number of ether oxygens (including phenoxy) is 6. The van der Waals surface area contributed by atoms with Crippen LogP contribution in [0.25, 0.3) is 0 Å². The number of hydrogen-bond donors (Lipinski definition) is 2. The summed E-state index contributed by atoms with van der Waals surface area (Å²) in [4.78, 5) is 27.1. The van der Waals surface area contributed by atoms with Gasteiger partial charge >= 0.3 is 11.9 Å². The van der Waals surface area contributed by atoms with Crippen molar-refractivity contribution in [2.45, 2.75) is 96.0 Å². The van der Waals surface area contributed by atoms with E-state index in [1.165, 1.54) is 6.92 Å².